The van der Waals surface area contributed by atoms with Gasteiger partial charge >= 0.3 is 0 Å². The average molecular weight is 336 g/mol. The van der Waals surface area contributed by atoms with Crippen LogP contribution in [0, 0.1) is 6.92 Å². The number of nitrogens with zero attached hydrogens (tertiary/aromatic N) is 1. The molecule has 0 spiro atoms. The Morgan fingerprint density at radius 1 is 1.08 bits per heavy atom. The number of hydrogen-bond acceptors (Lipinski definition) is 4. The molecule has 0 saturated heterocycles. The highest BCUT2D eigenvalue weighted by Crippen LogP contribution is 2.28. The van der Waals surface area contributed by atoms with Crippen LogP contribution in [-0.2, 0) is 11.2 Å². The van der Waals surface area contributed by atoms with E-state index in [0.29, 0.717) is 11.5 Å². The Labute approximate surface area is 146 Å². The van der Waals surface area contributed by atoms with Crippen LogP contribution >= 0.6 is 0 Å². The summed E-state index contributed by atoms with van der Waals surface area (Å²) in [5.41, 5.74) is 3.43. The van der Waals surface area contributed by atoms with Crippen molar-refractivity contribution in [1.82, 2.24) is 4.98 Å². The predicted octanol–water partition coefficient (Wildman–Crippen LogP) is 3.74. The van der Waals surface area contributed by atoms with Gasteiger partial charge in [-0.15, -0.1) is 0 Å². The van der Waals surface area contributed by atoms with E-state index in [1.807, 2.05) is 43.3 Å². The molecule has 0 radical (unpaired) electrons. The van der Waals surface area contributed by atoms with Crippen molar-refractivity contribution in [3.63, 3.8) is 0 Å². The lowest BCUT2D eigenvalue weighted by atomic mass is 10.1. The molecule has 5 heteroatoms. The SMILES string of the molecule is COc1ccc(CC(=O)Nc2cc(C)cc3cccnc23)cc1OC. The van der Waals surface area contributed by atoms with E-state index < -0.39 is 0 Å². The molecule has 128 valence electrons. The normalized spacial score (nSPS) is 10.5. The Kier molecular flexibility index (Phi) is 4.84. The highest BCUT2D eigenvalue weighted by atomic mass is 16.5. The van der Waals surface area contributed by atoms with Crippen LogP contribution in [0.15, 0.2) is 48.7 Å². The Morgan fingerprint density at radius 3 is 2.64 bits per heavy atom. The molecule has 0 aliphatic heterocycles. The van der Waals surface area contributed by atoms with Gasteiger partial charge in [0.1, 0.15) is 0 Å². The van der Waals surface area contributed by atoms with Crippen LogP contribution in [-0.4, -0.2) is 25.1 Å². The number of nitrogens with one attached hydrogen (secondary N) is 1. The summed E-state index contributed by atoms with van der Waals surface area (Å²) in [7, 11) is 3.16. The first kappa shape index (κ1) is 16.8. The molecule has 3 aromatic rings. The minimum Gasteiger partial charge on any atom is -0.493 e. The van der Waals surface area contributed by atoms with E-state index in [1.54, 1.807) is 26.5 Å². The van der Waals surface area contributed by atoms with Gasteiger partial charge in [0.2, 0.25) is 5.91 Å². The van der Waals surface area contributed by atoms with Crippen LogP contribution in [0.5, 0.6) is 11.5 Å². The third-order valence-electron chi connectivity index (χ3n) is 3.94. The van der Waals surface area contributed by atoms with Crippen molar-refractivity contribution < 1.29 is 14.3 Å². The van der Waals surface area contributed by atoms with Gasteiger partial charge < -0.3 is 14.8 Å². The topological polar surface area (TPSA) is 60.5 Å². The van der Waals surface area contributed by atoms with Crippen molar-refractivity contribution in [3.8, 4) is 11.5 Å². The van der Waals surface area contributed by atoms with Crippen molar-refractivity contribution in [3.05, 3.63) is 59.8 Å². The Bertz CT molecular complexity index is 922. The number of carbonyl (C=O) groups is 1. The fraction of sp³-hybridized carbons (Fsp3) is 0.200. The van der Waals surface area contributed by atoms with E-state index in [9.17, 15) is 4.79 Å². The first-order valence-electron chi connectivity index (χ1n) is 7.97. The lowest BCUT2D eigenvalue weighted by Gasteiger charge is -2.11. The number of pyridine rings is 1. The summed E-state index contributed by atoms with van der Waals surface area (Å²) >= 11 is 0. The largest absolute Gasteiger partial charge is 0.493 e. The van der Waals surface area contributed by atoms with Gasteiger partial charge in [0, 0.05) is 11.6 Å². The summed E-state index contributed by atoms with van der Waals surface area (Å²) in [5.74, 6) is 1.14. The minimum atomic E-state index is -0.107. The third-order valence-corrected chi connectivity index (χ3v) is 3.94. The molecule has 0 aliphatic carbocycles. The molecular formula is C20H20N2O3. The van der Waals surface area contributed by atoms with Crippen LogP contribution < -0.4 is 14.8 Å². The molecule has 1 heterocycles. The number of rotatable bonds is 5. The van der Waals surface area contributed by atoms with Gasteiger partial charge in [0.25, 0.3) is 0 Å². The lowest BCUT2D eigenvalue weighted by Crippen LogP contribution is -2.15. The Balaban J connectivity index is 1.82. The molecule has 25 heavy (non-hydrogen) atoms. The zero-order valence-electron chi connectivity index (χ0n) is 14.5. The molecule has 1 aromatic heterocycles. The summed E-state index contributed by atoms with van der Waals surface area (Å²) in [5, 5.41) is 3.97. The van der Waals surface area contributed by atoms with Gasteiger partial charge in [-0.2, -0.15) is 0 Å². The van der Waals surface area contributed by atoms with Crippen molar-refractivity contribution in [2.75, 3.05) is 19.5 Å². The summed E-state index contributed by atoms with van der Waals surface area (Å²) in [6, 6.07) is 13.3. The molecule has 0 atom stereocenters. The maximum Gasteiger partial charge on any atom is 0.228 e. The number of fused-ring (bicyclic) bond motifs is 1. The first-order valence-corrected chi connectivity index (χ1v) is 7.97. The number of methoxy groups -OCH3 is 2. The van der Waals surface area contributed by atoms with Crippen molar-refractivity contribution >= 4 is 22.5 Å². The van der Waals surface area contributed by atoms with E-state index >= 15 is 0 Å². The highest BCUT2D eigenvalue weighted by Gasteiger charge is 2.11. The molecule has 5 nitrogen and oxygen atoms in total. The number of ether oxygens (including phenoxy) is 2. The van der Waals surface area contributed by atoms with E-state index in [2.05, 4.69) is 10.3 Å². The zero-order chi connectivity index (χ0) is 17.8. The van der Waals surface area contributed by atoms with Gasteiger partial charge in [0.05, 0.1) is 31.8 Å². The highest BCUT2D eigenvalue weighted by molar-refractivity contribution is 6.01. The average Bonchev–Trinajstić information content (AvgIpc) is 2.61. The summed E-state index contributed by atoms with van der Waals surface area (Å²) in [6.45, 7) is 2.00. The zero-order valence-corrected chi connectivity index (χ0v) is 14.5. The van der Waals surface area contributed by atoms with Gasteiger partial charge in [-0.05, 0) is 48.4 Å². The van der Waals surface area contributed by atoms with Crippen LogP contribution in [0.2, 0.25) is 0 Å². The second-order valence-corrected chi connectivity index (χ2v) is 5.80. The number of hydrogen-bond donors (Lipinski definition) is 1. The van der Waals surface area contributed by atoms with Gasteiger partial charge in [-0.1, -0.05) is 12.1 Å². The van der Waals surface area contributed by atoms with Crippen LogP contribution in [0.4, 0.5) is 5.69 Å². The molecule has 1 N–H and O–H groups in total. The fourth-order valence-electron chi connectivity index (χ4n) is 2.81. The monoisotopic (exact) mass is 336 g/mol. The minimum absolute atomic E-state index is 0.107. The first-order chi connectivity index (χ1) is 12.1. The van der Waals surface area contributed by atoms with E-state index in [4.69, 9.17) is 9.47 Å². The maximum absolute atomic E-state index is 12.5. The molecule has 2 aromatic carbocycles. The van der Waals surface area contributed by atoms with Gasteiger partial charge in [-0.3, -0.25) is 9.78 Å². The quantitative estimate of drug-likeness (QED) is 0.771. The number of aryl methyl sites for hydroxylation is 1. The smallest absolute Gasteiger partial charge is 0.228 e. The molecule has 0 unspecified atom stereocenters. The summed E-state index contributed by atoms with van der Waals surface area (Å²) < 4.78 is 10.5. The molecule has 0 saturated carbocycles. The van der Waals surface area contributed by atoms with Crippen molar-refractivity contribution in [2.24, 2.45) is 0 Å². The standard InChI is InChI=1S/C20H20N2O3/c1-13-9-15-5-4-8-21-20(15)16(10-13)22-19(23)12-14-6-7-17(24-2)18(11-14)25-3/h4-11H,12H2,1-3H3,(H,22,23). The van der Waals surface area contributed by atoms with Crippen LogP contribution in [0.3, 0.4) is 0 Å². The number of carbonyl (C=O) groups excluding carboxylic acids is 1. The summed E-state index contributed by atoms with van der Waals surface area (Å²) in [6.07, 6.45) is 1.96. The Hall–Kier alpha value is -3.08. The van der Waals surface area contributed by atoms with Crippen molar-refractivity contribution in [2.45, 2.75) is 13.3 Å². The molecule has 0 aliphatic rings. The van der Waals surface area contributed by atoms with E-state index in [1.165, 1.54) is 0 Å². The van der Waals surface area contributed by atoms with E-state index in [0.717, 1.165) is 27.7 Å². The lowest BCUT2D eigenvalue weighted by molar-refractivity contribution is -0.115. The number of aromatic nitrogens is 1. The fourth-order valence-corrected chi connectivity index (χ4v) is 2.81. The second-order valence-electron chi connectivity index (χ2n) is 5.80. The maximum atomic E-state index is 12.5. The van der Waals surface area contributed by atoms with E-state index in [-0.39, 0.29) is 12.3 Å². The Morgan fingerprint density at radius 2 is 1.88 bits per heavy atom. The number of anilines is 1. The van der Waals surface area contributed by atoms with Crippen molar-refractivity contribution in [1.29, 1.82) is 0 Å². The van der Waals surface area contributed by atoms with Crippen LogP contribution in [0.25, 0.3) is 10.9 Å². The number of benzene rings is 2. The van der Waals surface area contributed by atoms with Gasteiger partial charge in [0.15, 0.2) is 11.5 Å². The molecule has 0 fully saturated rings. The molecule has 1 amide bonds. The molecule has 0 bridgehead atoms. The molecular weight excluding hydrogens is 316 g/mol. The third kappa shape index (κ3) is 3.71. The number of amides is 1. The second kappa shape index (κ2) is 7.21. The molecule has 3 rings (SSSR count). The summed E-state index contributed by atoms with van der Waals surface area (Å²) in [4.78, 5) is 16.9. The predicted molar refractivity (Wildman–Crippen MR) is 98.4 cm³/mol. The van der Waals surface area contributed by atoms with Crippen LogP contribution in [0.1, 0.15) is 11.1 Å². The van der Waals surface area contributed by atoms with Gasteiger partial charge in [-0.25, -0.2) is 0 Å².